The predicted molar refractivity (Wildman–Crippen MR) is 120 cm³/mol. The van der Waals surface area contributed by atoms with Crippen molar-refractivity contribution in [2.45, 2.75) is 38.4 Å². The van der Waals surface area contributed by atoms with Crippen LogP contribution in [0.25, 0.3) is 6.08 Å². The lowest BCUT2D eigenvalue weighted by Crippen LogP contribution is -2.50. The largest absolute Gasteiger partial charge is 0.352 e. The molecule has 164 valence electrons. The SMILES string of the molecule is CC[C@@H](C)N1C(=O)[C@@H]2[C@H](C1=O)[C@H]1C=Cc3cc(F)ccc3N1[C@H]2C(=O)c1ccccc1Cl. The molecule has 7 heteroatoms. The zero-order valence-electron chi connectivity index (χ0n) is 17.7. The first-order chi connectivity index (χ1) is 15.3. The average Bonchev–Trinajstić information content (AvgIpc) is 3.26. The smallest absolute Gasteiger partial charge is 0.236 e. The highest BCUT2D eigenvalue weighted by molar-refractivity contribution is 6.34. The molecule has 3 aliphatic heterocycles. The summed E-state index contributed by atoms with van der Waals surface area (Å²) in [7, 11) is 0. The summed E-state index contributed by atoms with van der Waals surface area (Å²) in [6.07, 6.45) is 4.21. The molecule has 5 nitrogen and oxygen atoms in total. The number of benzene rings is 2. The van der Waals surface area contributed by atoms with Crippen molar-refractivity contribution >= 4 is 41.0 Å². The van der Waals surface area contributed by atoms with Gasteiger partial charge in [-0.15, -0.1) is 0 Å². The average molecular weight is 453 g/mol. The molecule has 3 heterocycles. The number of imide groups is 1. The van der Waals surface area contributed by atoms with Crippen molar-refractivity contribution in [3.8, 4) is 0 Å². The van der Waals surface area contributed by atoms with Crippen molar-refractivity contribution < 1.29 is 18.8 Å². The Morgan fingerprint density at radius 3 is 2.56 bits per heavy atom. The second-order valence-corrected chi connectivity index (χ2v) is 9.01. The Morgan fingerprint density at radius 1 is 1.12 bits per heavy atom. The molecule has 5 atom stereocenters. The first kappa shape index (κ1) is 20.9. The topological polar surface area (TPSA) is 57.7 Å². The van der Waals surface area contributed by atoms with Crippen LogP contribution in [0.5, 0.6) is 0 Å². The van der Waals surface area contributed by atoms with Gasteiger partial charge in [-0.3, -0.25) is 19.3 Å². The Hall–Kier alpha value is -2.99. The minimum absolute atomic E-state index is 0.251. The molecule has 32 heavy (non-hydrogen) atoms. The highest BCUT2D eigenvalue weighted by Crippen LogP contribution is 2.49. The molecular weight excluding hydrogens is 431 g/mol. The molecule has 2 aromatic carbocycles. The van der Waals surface area contributed by atoms with Gasteiger partial charge in [0.2, 0.25) is 11.8 Å². The first-order valence-corrected chi connectivity index (χ1v) is 11.1. The third-order valence-electron chi connectivity index (χ3n) is 6.94. The van der Waals surface area contributed by atoms with Gasteiger partial charge in [0.1, 0.15) is 11.9 Å². The Bertz CT molecular complexity index is 1180. The number of Topliss-reactive ketones (excluding diaryl/α,β-unsaturated/α-hetero) is 1. The Morgan fingerprint density at radius 2 is 1.84 bits per heavy atom. The summed E-state index contributed by atoms with van der Waals surface area (Å²) in [5.74, 6) is -2.80. The van der Waals surface area contributed by atoms with Gasteiger partial charge in [-0.05, 0) is 43.7 Å². The van der Waals surface area contributed by atoms with Crippen LogP contribution in [0.3, 0.4) is 0 Å². The first-order valence-electron chi connectivity index (χ1n) is 10.8. The molecule has 2 aromatic rings. The lowest BCUT2D eigenvalue weighted by Gasteiger charge is -2.37. The molecule has 0 saturated carbocycles. The Kier molecular flexibility index (Phi) is 4.93. The van der Waals surface area contributed by atoms with Gasteiger partial charge in [0, 0.05) is 22.9 Å². The van der Waals surface area contributed by atoms with Gasteiger partial charge in [0.15, 0.2) is 5.78 Å². The summed E-state index contributed by atoms with van der Waals surface area (Å²) >= 11 is 6.34. The van der Waals surface area contributed by atoms with Gasteiger partial charge in [0.25, 0.3) is 0 Å². The molecule has 3 aliphatic rings. The highest BCUT2D eigenvalue weighted by atomic mass is 35.5. The van der Waals surface area contributed by atoms with Crippen molar-refractivity contribution in [2.24, 2.45) is 11.8 Å². The van der Waals surface area contributed by atoms with Crippen molar-refractivity contribution in [3.05, 3.63) is 70.5 Å². The number of fused-ring (bicyclic) bond motifs is 5. The minimum Gasteiger partial charge on any atom is -0.352 e. The van der Waals surface area contributed by atoms with Crippen LogP contribution in [0.2, 0.25) is 5.02 Å². The Labute approximate surface area is 190 Å². The van der Waals surface area contributed by atoms with E-state index >= 15 is 0 Å². The fraction of sp³-hybridized carbons (Fsp3) is 0.320. The minimum atomic E-state index is -0.912. The van der Waals surface area contributed by atoms with Crippen LogP contribution >= 0.6 is 11.6 Å². The van der Waals surface area contributed by atoms with E-state index in [4.69, 9.17) is 11.6 Å². The van der Waals surface area contributed by atoms with Gasteiger partial charge < -0.3 is 4.90 Å². The van der Waals surface area contributed by atoms with Crippen LogP contribution < -0.4 is 4.90 Å². The number of ketones is 1. The summed E-state index contributed by atoms with van der Waals surface area (Å²) in [5.41, 5.74) is 1.55. The third kappa shape index (κ3) is 2.85. The van der Waals surface area contributed by atoms with Crippen molar-refractivity contribution in [2.75, 3.05) is 4.90 Å². The number of halogens is 2. The van der Waals surface area contributed by atoms with Crippen LogP contribution in [0.1, 0.15) is 36.2 Å². The number of carbonyl (C=O) groups excluding carboxylic acids is 3. The summed E-state index contributed by atoms with van der Waals surface area (Å²) in [4.78, 5) is 44.0. The Balaban J connectivity index is 1.68. The molecule has 0 N–H and O–H groups in total. The molecule has 2 saturated heterocycles. The van der Waals surface area contributed by atoms with Gasteiger partial charge in [-0.1, -0.05) is 42.8 Å². The van der Waals surface area contributed by atoms with Gasteiger partial charge in [-0.2, -0.15) is 0 Å². The van der Waals surface area contributed by atoms with E-state index in [1.807, 2.05) is 24.8 Å². The second kappa shape index (κ2) is 7.55. The van der Waals surface area contributed by atoms with E-state index in [0.717, 1.165) is 0 Å². The molecule has 0 aromatic heterocycles. The lowest BCUT2D eigenvalue weighted by atomic mass is 9.86. The molecular formula is C25H22ClFN2O3. The number of amides is 2. The molecule has 0 unspecified atom stereocenters. The molecule has 2 fully saturated rings. The lowest BCUT2D eigenvalue weighted by molar-refractivity contribution is -0.142. The van der Waals surface area contributed by atoms with Crippen LogP contribution in [-0.4, -0.2) is 40.6 Å². The zero-order chi connectivity index (χ0) is 22.7. The number of anilines is 1. The maximum atomic E-state index is 13.9. The number of nitrogens with zero attached hydrogens (tertiary/aromatic N) is 2. The molecule has 0 aliphatic carbocycles. The van der Waals surface area contributed by atoms with Crippen LogP contribution in [0.15, 0.2) is 48.5 Å². The molecule has 0 bridgehead atoms. The maximum absolute atomic E-state index is 13.9. The van der Waals surface area contributed by atoms with E-state index in [1.165, 1.54) is 17.0 Å². The zero-order valence-corrected chi connectivity index (χ0v) is 18.4. The van der Waals surface area contributed by atoms with Gasteiger partial charge >= 0.3 is 0 Å². The summed E-state index contributed by atoms with van der Waals surface area (Å²) in [6, 6.07) is 9.40. The van der Waals surface area contributed by atoms with E-state index < -0.39 is 29.7 Å². The number of likely N-dealkylation sites (tertiary alicyclic amines) is 1. The standard InChI is InChI=1S/C25H22ClFN2O3/c1-3-13(2)28-24(31)20-19-10-8-14-12-15(27)9-11-18(14)29(19)22(21(20)25(28)32)23(30)16-6-4-5-7-17(16)26/h4-13,19-22H,3H2,1-2H3/t13-,19-,20-,21-,22-/m1/s1. The quantitative estimate of drug-likeness (QED) is 0.511. The third-order valence-corrected chi connectivity index (χ3v) is 7.27. The summed E-state index contributed by atoms with van der Waals surface area (Å²) < 4.78 is 13.9. The summed E-state index contributed by atoms with van der Waals surface area (Å²) in [6.45, 7) is 3.76. The maximum Gasteiger partial charge on any atom is 0.236 e. The van der Waals surface area contributed by atoms with Crippen molar-refractivity contribution in [1.82, 2.24) is 4.90 Å². The molecule has 0 spiro atoms. The van der Waals surface area contributed by atoms with Crippen molar-refractivity contribution in [1.29, 1.82) is 0 Å². The predicted octanol–water partition coefficient (Wildman–Crippen LogP) is 4.35. The van der Waals surface area contributed by atoms with E-state index in [1.54, 1.807) is 36.4 Å². The molecule has 0 radical (unpaired) electrons. The van der Waals surface area contributed by atoms with E-state index in [9.17, 15) is 18.8 Å². The van der Waals surface area contributed by atoms with Crippen LogP contribution in [-0.2, 0) is 9.59 Å². The van der Waals surface area contributed by atoms with Gasteiger partial charge in [0.05, 0.1) is 22.9 Å². The summed E-state index contributed by atoms with van der Waals surface area (Å²) in [5, 5.41) is 0.292. The van der Waals surface area contributed by atoms with E-state index in [-0.39, 0.29) is 23.6 Å². The normalized spacial score (nSPS) is 26.8. The highest BCUT2D eigenvalue weighted by Gasteiger charge is 2.64. The fourth-order valence-electron chi connectivity index (χ4n) is 5.30. The van der Waals surface area contributed by atoms with Crippen molar-refractivity contribution in [3.63, 3.8) is 0 Å². The number of hydrogen-bond donors (Lipinski definition) is 0. The van der Waals surface area contributed by atoms with Crippen LogP contribution in [0.4, 0.5) is 10.1 Å². The fourth-order valence-corrected chi connectivity index (χ4v) is 5.53. The molecule has 5 rings (SSSR count). The number of rotatable bonds is 4. The number of carbonyl (C=O) groups is 3. The monoisotopic (exact) mass is 452 g/mol. The van der Waals surface area contributed by atoms with Crippen LogP contribution in [0, 0.1) is 17.7 Å². The van der Waals surface area contributed by atoms with E-state index in [2.05, 4.69) is 0 Å². The number of hydrogen-bond acceptors (Lipinski definition) is 4. The molecule has 2 amide bonds. The van der Waals surface area contributed by atoms with E-state index in [0.29, 0.717) is 28.3 Å². The van der Waals surface area contributed by atoms with Gasteiger partial charge in [-0.25, -0.2) is 4.39 Å². The second-order valence-electron chi connectivity index (χ2n) is 8.60.